The summed E-state index contributed by atoms with van der Waals surface area (Å²) in [7, 11) is 1.59. The van der Waals surface area contributed by atoms with Crippen LogP contribution in [0.15, 0.2) is 24.3 Å². The maximum Gasteiger partial charge on any atom is 0.407 e. The van der Waals surface area contributed by atoms with E-state index in [1.165, 1.54) is 11.0 Å². The molecule has 1 unspecified atom stereocenters. The molecule has 2 atom stereocenters. The molecular weight excluding hydrogens is 336 g/mol. The van der Waals surface area contributed by atoms with E-state index in [4.69, 9.17) is 14.7 Å². The molecule has 0 aromatic heterocycles. The van der Waals surface area contributed by atoms with Gasteiger partial charge in [0.15, 0.2) is 6.29 Å². The molecule has 1 aliphatic carbocycles. The summed E-state index contributed by atoms with van der Waals surface area (Å²) >= 11 is 0. The van der Waals surface area contributed by atoms with Gasteiger partial charge < -0.3 is 14.7 Å². The lowest BCUT2D eigenvalue weighted by atomic mass is 10.0. The van der Waals surface area contributed by atoms with Crippen LogP contribution < -0.4 is 5.48 Å². The smallest absolute Gasteiger partial charge is 0.407 e. The topological polar surface area (TPSA) is 88.1 Å². The second-order valence-corrected chi connectivity index (χ2v) is 6.62. The summed E-state index contributed by atoms with van der Waals surface area (Å²) in [5.74, 6) is -0.344. The maximum absolute atomic E-state index is 11.9. The Morgan fingerprint density at radius 3 is 2.92 bits per heavy atom. The van der Waals surface area contributed by atoms with Crippen molar-refractivity contribution in [3.05, 3.63) is 41.0 Å². The van der Waals surface area contributed by atoms with E-state index >= 15 is 0 Å². The molecule has 26 heavy (non-hydrogen) atoms. The van der Waals surface area contributed by atoms with Crippen molar-refractivity contribution in [3.63, 3.8) is 0 Å². The molecule has 7 heteroatoms. The lowest BCUT2D eigenvalue weighted by Crippen LogP contribution is -2.32. The third-order valence-corrected chi connectivity index (χ3v) is 4.84. The Hall–Kier alpha value is -2.38. The Labute approximate surface area is 152 Å². The molecule has 1 aliphatic heterocycles. The van der Waals surface area contributed by atoms with Crippen LogP contribution in [0.1, 0.15) is 48.4 Å². The second kappa shape index (κ2) is 8.33. The molecule has 0 saturated carbocycles. The zero-order valence-electron chi connectivity index (χ0n) is 14.8. The highest BCUT2D eigenvalue weighted by Gasteiger charge is 2.28. The van der Waals surface area contributed by atoms with Crippen LogP contribution in [0.25, 0.3) is 6.08 Å². The number of rotatable bonds is 5. The van der Waals surface area contributed by atoms with Crippen LogP contribution in [0.4, 0.5) is 4.79 Å². The number of aryl methyl sites for hydroxylation is 1. The number of carbonyl (C=O) groups is 2. The van der Waals surface area contributed by atoms with E-state index in [9.17, 15) is 9.59 Å². The number of benzene rings is 1. The molecule has 1 heterocycles. The second-order valence-electron chi connectivity index (χ2n) is 6.62. The molecule has 2 amide bonds. The summed E-state index contributed by atoms with van der Waals surface area (Å²) in [6.07, 6.45) is 6.28. The summed E-state index contributed by atoms with van der Waals surface area (Å²) in [5.41, 5.74) is 5.44. The Kier molecular flexibility index (Phi) is 5.90. The van der Waals surface area contributed by atoms with Crippen LogP contribution in [0.2, 0.25) is 0 Å². The minimum Gasteiger partial charge on any atom is -0.465 e. The number of hydrogen-bond donors (Lipinski definition) is 2. The Balaban J connectivity index is 1.56. The van der Waals surface area contributed by atoms with Gasteiger partial charge in [0.1, 0.15) is 0 Å². The number of carbonyl (C=O) groups excluding carboxylic acids is 1. The first kappa shape index (κ1) is 18.4. The van der Waals surface area contributed by atoms with E-state index in [-0.39, 0.29) is 18.2 Å². The predicted octanol–water partition coefficient (Wildman–Crippen LogP) is 2.87. The van der Waals surface area contributed by atoms with Gasteiger partial charge in [-0.3, -0.25) is 4.79 Å². The van der Waals surface area contributed by atoms with E-state index in [0.717, 1.165) is 48.8 Å². The van der Waals surface area contributed by atoms with Crippen LogP contribution in [-0.4, -0.2) is 42.0 Å². The fraction of sp³-hybridized carbons (Fsp3) is 0.474. The molecule has 0 spiro atoms. The van der Waals surface area contributed by atoms with Crippen molar-refractivity contribution in [2.45, 2.75) is 44.4 Å². The largest absolute Gasteiger partial charge is 0.465 e. The van der Waals surface area contributed by atoms with E-state index in [0.29, 0.717) is 6.61 Å². The van der Waals surface area contributed by atoms with Gasteiger partial charge >= 0.3 is 6.09 Å². The molecule has 0 radical (unpaired) electrons. The highest BCUT2D eigenvalue weighted by atomic mass is 16.8. The van der Waals surface area contributed by atoms with Gasteiger partial charge in [0.25, 0.3) is 5.91 Å². The first-order valence-corrected chi connectivity index (χ1v) is 8.88. The molecule has 2 N–H and O–H groups in total. The van der Waals surface area contributed by atoms with Gasteiger partial charge in [-0.2, -0.15) is 0 Å². The van der Waals surface area contributed by atoms with Crippen molar-refractivity contribution >= 4 is 18.1 Å². The predicted molar refractivity (Wildman–Crippen MR) is 95.1 cm³/mol. The molecule has 7 nitrogen and oxygen atoms in total. The van der Waals surface area contributed by atoms with Crippen molar-refractivity contribution in [2.24, 2.45) is 0 Å². The lowest BCUT2D eigenvalue weighted by Gasteiger charge is -2.22. The quantitative estimate of drug-likeness (QED) is 0.623. The van der Waals surface area contributed by atoms with Gasteiger partial charge in [-0.25, -0.2) is 15.1 Å². The van der Waals surface area contributed by atoms with Gasteiger partial charge in [-0.15, -0.1) is 0 Å². The van der Waals surface area contributed by atoms with E-state index in [1.807, 2.05) is 18.2 Å². The first-order chi connectivity index (χ1) is 12.5. The minimum absolute atomic E-state index is 0.104. The number of nitrogens with zero attached hydrogens (tertiary/aromatic N) is 1. The van der Waals surface area contributed by atoms with Crippen molar-refractivity contribution in [2.75, 3.05) is 13.7 Å². The first-order valence-electron chi connectivity index (χ1n) is 8.88. The van der Waals surface area contributed by atoms with Crippen molar-refractivity contribution in [1.29, 1.82) is 0 Å². The molecular formula is C19H24N2O5. The van der Waals surface area contributed by atoms with Crippen LogP contribution in [0.3, 0.4) is 0 Å². The summed E-state index contributed by atoms with van der Waals surface area (Å²) in [6.45, 7) is 0.656. The van der Waals surface area contributed by atoms with E-state index in [1.54, 1.807) is 13.1 Å². The number of amides is 2. The molecule has 140 valence electrons. The minimum atomic E-state index is -0.926. The highest BCUT2D eigenvalue weighted by molar-refractivity contribution is 5.91. The van der Waals surface area contributed by atoms with Crippen LogP contribution in [0, 0.1) is 0 Å². The number of ether oxygens (including phenoxy) is 1. The monoisotopic (exact) mass is 360 g/mol. The number of nitrogens with one attached hydrogen (secondary N) is 1. The van der Waals surface area contributed by atoms with Crippen LogP contribution in [-0.2, 0) is 20.8 Å². The summed E-state index contributed by atoms with van der Waals surface area (Å²) in [6, 6.07) is 5.73. The third kappa shape index (κ3) is 4.42. The van der Waals surface area contributed by atoms with Gasteiger partial charge in [0, 0.05) is 26.2 Å². The summed E-state index contributed by atoms with van der Waals surface area (Å²) in [5, 5.41) is 9.16. The Morgan fingerprint density at radius 1 is 1.35 bits per heavy atom. The normalized spacial score (nSPS) is 22.2. The average molecular weight is 360 g/mol. The number of hydrogen-bond acceptors (Lipinski definition) is 4. The zero-order valence-corrected chi connectivity index (χ0v) is 14.8. The van der Waals surface area contributed by atoms with E-state index < -0.39 is 6.09 Å². The Morgan fingerprint density at radius 2 is 2.19 bits per heavy atom. The highest BCUT2D eigenvalue weighted by Crippen LogP contribution is 2.35. The summed E-state index contributed by atoms with van der Waals surface area (Å²) < 4.78 is 5.38. The van der Waals surface area contributed by atoms with Crippen molar-refractivity contribution in [3.8, 4) is 0 Å². The summed E-state index contributed by atoms with van der Waals surface area (Å²) in [4.78, 5) is 29.6. The maximum atomic E-state index is 11.9. The third-order valence-electron chi connectivity index (χ3n) is 4.84. The number of fused-ring (bicyclic) bond motifs is 1. The van der Waals surface area contributed by atoms with Gasteiger partial charge in [-0.05, 0) is 48.4 Å². The fourth-order valence-electron chi connectivity index (χ4n) is 3.39. The van der Waals surface area contributed by atoms with Gasteiger partial charge in [0.05, 0.1) is 6.04 Å². The molecule has 1 saturated heterocycles. The Bertz CT molecular complexity index is 697. The molecule has 3 rings (SSSR count). The lowest BCUT2D eigenvalue weighted by molar-refractivity contribution is -0.198. The molecule has 0 bridgehead atoms. The van der Waals surface area contributed by atoms with Gasteiger partial charge in [0.2, 0.25) is 0 Å². The zero-order chi connectivity index (χ0) is 18.5. The van der Waals surface area contributed by atoms with E-state index in [2.05, 4.69) is 5.48 Å². The van der Waals surface area contributed by atoms with Crippen molar-refractivity contribution in [1.82, 2.24) is 10.4 Å². The average Bonchev–Trinajstić information content (AvgIpc) is 3.08. The fourth-order valence-corrected chi connectivity index (χ4v) is 3.39. The molecule has 2 aliphatic rings. The molecule has 1 aromatic carbocycles. The van der Waals surface area contributed by atoms with Crippen molar-refractivity contribution < 1.29 is 24.3 Å². The SMILES string of the molecule is CN(C(=O)O)C1CCc2cc(/C=C/C(=O)NO[C@H]3CCCCO3)ccc21. The molecule has 1 fully saturated rings. The number of hydroxylamine groups is 1. The van der Waals surface area contributed by atoms with Gasteiger partial charge in [-0.1, -0.05) is 18.2 Å². The molecule has 1 aromatic rings. The standard InChI is InChI=1S/C19H24N2O5/c1-21(19(23)24)16-9-7-14-12-13(5-8-15(14)16)6-10-17(22)20-26-18-4-2-3-11-25-18/h5-6,8,10,12,16,18H,2-4,7,9,11H2,1H3,(H,20,22)(H,23,24)/b10-6+/t16?,18-/m0/s1. The number of carboxylic acid groups (broad SMARTS) is 1. The van der Waals surface area contributed by atoms with Crippen LogP contribution in [0.5, 0.6) is 0 Å². The van der Waals surface area contributed by atoms with Crippen LogP contribution >= 0.6 is 0 Å².